The standard InChI is InChI=1S/C24H19Cl3N3O/c25-18-13-19(26)23(20(27)14-18)30-15-29-21(11-12-22(29)28-30)24(31,16-7-3-1-4-8-16)17-9-5-2-6-10-17/h1-10,13-15,21,31H,11-12H2/q+1/t21-/m0/s1. The Morgan fingerprint density at radius 3 is 2.00 bits per heavy atom. The number of aliphatic hydroxyl groups is 1. The number of halogens is 3. The minimum Gasteiger partial charge on any atom is -0.377 e. The first-order chi connectivity index (χ1) is 15.0. The number of nitrogens with zero attached hydrogens (tertiary/aromatic N) is 3. The molecule has 0 aliphatic carbocycles. The molecular weight excluding hydrogens is 453 g/mol. The van der Waals surface area contributed by atoms with Crippen LogP contribution in [0, 0.1) is 0 Å². The fourth-order valence-corrected chi connectivity index (χ4v) is 5.43. The van der Waals surface area contributed by atoms with Gasteiger partial charge in [0.25, 0.3) is 5.82 Å². The molecule has 0 amide bonds. The molecule has 4 aromatic rings. The second kappa shape index (κ2) is 7.95. The monoisotopic (exact) mass is 470 g/mol. The van der Waals surface area contributed by atoms with E-state index in [0.717, 1.165) is 29.8 Å². The van der Waals surface area contributed by atoms with Gasteiger partial charge in [0.15, 0.2) is 5.69 Å². The molecule has 1 aromatic heterocycles. The van der Waals surface area contributed by atoms with Crippen molar-refractivity contribution in [2.45, 2.75) is 24.5 Å². The fourth-order valence-electron chi connectivity index (χ4n) is 4.44. The highest BCUT2D eigenvalue weighted by Crippen LogP contribution is 2.42. The largest absolute Gasteiger partial charge is 0.377 e. The van der Waals surface area contributed by atoms with Crippen molar-refractivity contribution in [3.63, 3.8) is 0 Å². The molecule has 1 N–H and O–H groups in total. The number of benzene rings is 3. The number of rotatable bonds is 4. The zero-order valence-corrected chi connectivity index (χ0v) is 18.7. The van der Waals surface area contributed by atoms with Crippen LogP contribution in [0.25, 0.3) is 5.69 Å². The van der Waals surface area contributed by atoms with Crippen LogP contribution in [-0.2, 0) is 12.0 Å². The summed E-state index contributed by atoms with van der Waals surface area (Å²) in [5.74, 6) is 0.859. The van der Waals surface area contributed by atoms with Crippen LogP contribution in [0.5, 0.6) is 0 Å². The Bertz CT molecular complexity index is 1180. The number of aromatic nitrogens is 3. The highest BCUT2D eigenvalue weighted by molar-refractivity contribution is 6.40. The molecule has 0 fully saturated rings. The quantitative estimate of drug-likeness (QED) is 0.397. The number of fused-ring (bicyclic) bond motifs is 1. The molecule has 1 aliphatic heterocycles. The molecule has 1 aliphatic rings. The predicted octanol–water partition coefficient (Wildman–Crippen LogP) is 5.54. The van der Waals surface area contributed by atoms with Gasteiger partial charge in [-0.1, -0.05) is 100 Å². The SMILES string of the molecule is OC(c1ccccc1)(c1ccccc1)[C@@H]1CCc2nn(-c3c(Cl)cc(Cl)cc3Cl)c[n+]21. The first-order valence-corrected chi connectivity index (χ1v) is 11.1. The third-order valence-corrected chi connectivity index (χ3v) is 6.65. The van der Waals surface area contributed by atoms with E-state index in [0.29, 0.717) is 20.8 Å². The Kier molecular flexibility index (Phi) is 5.27. The summed E-state index contributed by atoms with van der Waals surface area (Å²) >= 11 is 18.9. The molecule has 3 aromatic carbocycles. The summed E-state index contributed by atoms with van der Waals surface area (Å²) in [4.78, 5) is 0. The van der Waals surface area contributed by atoms with E-state index in [9.17, 15) is 5.11 Å². The summed E-state index contributed by atoms with van der Waals surface area (Å²) in [6.07, 6.45) is 3.33. The molecule has 0 saturated heterocycles. The minimum absolute atomic E-state index is 0.245. The van der Waals surface area contributed by atoms with Crippen molar-refractivity contribution in [2.24, 2.45) is 0 Å². The number of hydrogen-bond acceptors (Lipinski definition) is 2. The molecule has 4 nitrogen and oxygen atoms in total. The molecule has 7 heteroatoms. The lowest BCUT2D eigenvalue weighted by Crippen LogP contribution is -2.50. The van der Waals surface area contributed by atoms with E-state index in [-0.39, 0.29) is 6.04 Å². The van der Waals surface area contributed by atoms with E-state index in [1.54, 1.807) is 16.8 Å². The topological polar surface area (TPSA) is 41.9 Å². The summed E-state index contributed by atoms with van der Waals surface area (Å²) in [6, 6.07) is 22.6. The first kappa shape index (κ1) is 20.5. The van der Waals surface area contributed by atoms with Crippen molar-refractivity contribution >= 4 is 34.8 Å². The highest BCUT2D eigenvalue weighted by Gasteiger charge is 2.48. The van der Waals surface area contributed by atoms with Crippen LogP contribution >= 0.6 is 34.8 Å². The third kappa shape index (κ3) is 3.44. The third-order valence-electron chi connectivity index (χ3n) is 5.85. The van der Waals surface area contributed by atoms with Gasteiger partial charge in [-0.05, 0) is 29.7 Å². The Morgan fingerprint density at radius 2 is 1.45 bits per heavy atom. The summed E-state index contributed by atoms with van der Waals surface area (Å²) in [5.41, 5.74) is 1.01. The summed E-state index contributed by atoms with van der Waals surface area (Å²) < 4.78 is 3.69. The van der Waals surface area contributed by atoms with Gasteiger partial charge in [-0.3, -0.25) is 0 Å². The molecule has 1 atom stereocenters. The zero-order chi connectivity index (χ0) is 21.6. The Hall–Kier alpha value is -2.37. The molecule has 0 spiro atoms. The van der Waals surface area contributed by atoms with E-state index in [2.05, 4.69) is 0 Å². The van der Waals surface area contributed by atoms with Gasteiger partial charge < -0.3 is 5.11 Å². The average Bonchev–Trinajstić information content (AvgIpc) is 3.35. The summed E-state index contributed by atoms with van der Waals surface area (Å²) in [7, 11) is 0. The van der Waals surface area contributed by atoms with Crippen LogP contribution in [0.15, 0.2) is 79.1 Å². The molecule has 31 heavy (non-hydrogen) atoms. The maximum Gasteiger partial charge on any atom is 0.278 e. The van der Waals surface area contributed by atoms with Crippen molar-refractivity contribution in [3.05, 3.63) is 111 Å². The van der Waals surface area contributed by atoms with E-state index >= 15 is 0 Å². The van der Waals surface area contributed by atoms with E-state index in [4.69, 9.17) is 39.9 Å². The molecular formula is C24H19Cl3N3O+. The van der Waals surface area contributed by atoms with Crippen LogP contribution in [0.2, 0.25) is 15.1 Å². The smallest absolute Gasteiger partial charge is 0.278 e. The van der Waals surface area contributed by atoms with Crippen molar-refractivity contribution in [2.75, 3.05) is 0 Å². The van der Waals surface area contributed by atoms with E-state index in [1.165, 1.54) is 0 Å². The van der Waals surface area contributed by atoms with Crippen molar-refractivity contribution in [1.29, 1.82) is 0 Å². The maximum absolute atomic E-state index is 12.2. The molecule has 0 saturated carbocycles. The second-order valence-electron chi connectivity index (χ2n) is 7.65. The molecule has 0 bridgehead atoms. The van der Waals surface area contributed by atoms with Gasteiger partial charge in [0, 0.05) is 16.5 Å². The van der Waals surface area contributed by atoms with Gasteiger partial charge in [-0.15, -0.1) is 0 Å². The van der Waals surface area contributed by atoms with Gasteiger partial charge in [0.2, 0.25) is 6.33 Å². The van der Waals surface area contributed by atoms with Gasteiger partial charge in [-0.2, -0.15) is 0 Å². The van der Waals surface area contributed by atoms with Gasteiger partial charge >= 0.3 is 0 Å². The average molecular weight is 472 g/mol. The summed E-state index contributed by atoms with van der Waals surface area (Å²) in [5, 5.41) is 18.2. The summed E-state index contributed by atoms with van der Waals surface area (Å²) in [6.45, 7) is 0. The van der Waals surface area contributed by atoms with Crippen molar-refractivity contribution in [3.8, 4) is 5.69 Å². The molecule has 156 valence electrons. The Labute approximate surface area is 195 Å². The van der Waals surface area contributed by atoms with Crippen LogP contribution in [-0.4, -0.2) is 14.9 Å². The fraction of sp³-hybridized carbons (Fsp3) is 0.167. The predicted molar refractivity (Wildman–Crippen MR) is 122 cm³/mol. The molecule has 0 radical (unpaired) electrons. The first-order valence-electron chi connectivity index (χ1n) is 9.96. The van der Waals surface area contributed by atoms with Crippen LogP contribution < -0.4 is 4.57 Å². The maximum atomic E-state index is 12.2. The lowest BCUT2D eigenvalue weighted by molar-refractivity contribution is -0.731. The Morgan fingerprint density at radius 1 is 0.903 bits per heavy atom. The van der Waals surface area contributed by atoms with Gasteiger partial charge in [-0.25, -0.2) is 4.57 Å². The molecule has 2 heterocycles. The lowest BCUT2D eigenvalue weighted by atomic mass is 9.79. The number of hydrogen-bond donors (Lipinski definition) is 1. The molecule has 5 rings (SSSR count). The van der Waals surface area contributed by atoms with Gasteiger partial charge in [0.05, 0.1) is 10.0 Å². The van der Waals surface area contributed by atoms with E-state index < -0.39 is 5.60 Å². The molecule has 0 unspecified atom stereocenters. The van der Waals surface area contributed by atoms with Crippen LogP contribution in [0.1, 0.15) is 29.4 Å². The van der Waals surface area contributed by atoms with E-state index in [1.807, 2.05) is 71.6 Å². The van der Waals surface area contributed by atoms with Crippen molar-refractivity contribution < 1.29 is 9.67 Å². The van der Waals surface area contributed by atoms with Gasteiger partial charge in [0.1, 0.15) is 11.6 Å². The Balaban J connectivity index is 1.65. The van der Waals surface area contributed by atoms with Crippen LogP contribution in [0.3, 0.4) is 0 Å². The lowest BCUT2D eigenvalue weighted by Gasteiger charge is -2.34. The van der Waals surface area contributed by atoms with Crippen LogP contribution in [0.4, 0.5) is 0 Å². The highest BCUT2D eigenvalue weighted by atomic mass is 35.5. The minimum atomic E-state index is -1.22. The number of aryl methyl sites for hydroxylation is 1. The second-order valence-corrected chi connectivity index (χ2v) is 8.91. The zero-order valence-electron chi connectivity index (χ0n) is 16.4. The van der Waals surface area contributed by atoms with Crippen molar-refractivity contribution in [1.82, 2.24) is 9.78 Å². The normalized spacial score (nSPS) is 15.8.